The van der Waals surface area contributed by atoms with Crippen molar-refractivity contribution in [1.82, 2.24) is 0 Å². The fourth-order valence-electron chi connectivity index (χ4n) is 3.07. The van der Waals surface area contributed by atoms with Crippen molar-refractivity contribution in [3.63, 3.8) is 0 Å². The summed E-state index contributed by atoms with van der Waals surface area (Å²) in [5, 5.41) is 0. The minimum Gasteiger partial charge on any atom is -0.330 e. The Morgan fingerprint density at radius 3 is 2.38 bits per heavy atom. The van der Waals surface area contributed by atoms with Gasteiger partial charge in [0, 0.05) is 0 Å². The molecule has 88 valence electrons. The lowest BCUT2D eigenvalue weighted by molar-refractivity contribution is 0.230. The molecule has 16 heavy (non-hydrogen) atoms. The van der Waals surface area contributed by atoms with E-state index in [9.17, 15) is 0 Å². The SMILES string of the molecule is CC1CCC(CCN)(c2ccccc2)CC1. The van der Waals surface area contributed by atoms with Crippen molar-refractivity contribution in [3.05, 3.63) is 35.9 Å². The van der Waals surface area contributed by atoms with E-state index in [0.717, 1.165) is 18.9 Å². The maximum absolute atomic E-state index is 5.82. The Hall–Kier alpha value is -0.820. The Morgan fingerprint density at radius 2 is 1.81 bits per heavy atom. The zero-order valence-electron chi connectivity index (χ0n) is 10.3. The quantitative estimate of drug-likeness (QED) is 0.824. The predicted molar refractivity (Wildman–Crippen MR) is 69.4 cm³/mol. The summed E-state index contributed by atoms with van der Waals surface area (Å²) in [4.78, 5) is 0. The summed E-state index contributed by atoms with van der Waals surface area (Å²) >= 11 is 0. The van der Waals surface area contributed by atoms with Gasteiger partial charge in [0.1, 0.15) is 0 Å². The van der Waals surface area contributed by atoms with E-state index in [-0.39, 0.29) is 0 Å². The van der Waals surface area contributed by atoms with E-state index in [0.29, 0.717) is 5.41 Å². The molecule has 0 saturated heterocycles. The summed E-state index contributed by atoms with van der Waals surface area (Å²) in [5.41, 5.74) is 7.70. The van der Waals surface area contributed by atoms with Crippen LogP contribution in [0.4, 0.5) is 0 Å². The molecule has 1 heteroatoms. The Kier molecular flexibility index (Phi) is 3.65. The average molecular weight is 217 g/mol. The van der Waals surface area contributed by atoms with E-state index in [4.69, 9.17) is 5.73 Å². The maximum Gasteiger partial charge on any atom is -0.00348 e. The predicted octanol–water partition coefficient (Wildman–Crippen LogP) is 3.48. The van der Waals surface area contributed by atoms with Gasteiger partial charge in [-0.3, -0.25) is 0 Å². The average Bonchev–Trinajstić information content (AvgIpc) is 2.34. The summed E-state index contributed by atoms with van der Waals surface area (Å²) in [6, 6.07) is 11.0. The molecule has 2 rings (SSSR count). The van der Waals surface area contributed by atoms with Crippen molar-refractivity contribution >= 4 is 0 Å². The van der Waals surface area contributed by atoms with Crippen molar-refractivity contribution in [2.75, 3.05) is 6.54 Å². The van der Waals surface area contributed by atoms with Crippen LogP contribution in [0.25, 0.3) is 0 Å². The lowest BCUT2D eigenvalue weighted by Crippen LogP contribution is -2.33. The van der Waals surface area contributed by atoms with Gasteiger partial charge in [-0.15, -0.1) is 0 Å². The second-order valence-corrected chi connectivity index (χ2v) is 5.37. The number of nitrogens with two attached hydrogens (primary N) is 1. The van der Waals surface area contributed by atoms with Gasteiger partial charge in [-0.05, 0) is 55.5 Å². The van der Waals surface area contributed by atoms with Crippen LogP contribution in [0, 0.1) is 5.92 Å². The van der Waals surface area contributed by atoms with Crippen LogP contribution in [0.15, 0.2) is 30.3 Å². The van der Waals surface area contributed by atoms with Crippen molar-refractivity contribution in [1.29, 1.82) is 0 Å². The van der Waals surface area contributed by atoms with Gasteiger partial charge in [0.2, 0.25) is 0 Å². The smallest absolute Gasteiger partial charge is 0.00348 e. The third-order valence-electron chi connectivity index (χ3n) is 4.24. The molecule has 1 aromatic rings. The van der Waals surface area contributed by atoms with E-state index in [1.807, 2.05) is 0 Å². The van der Waals surface area contributed by atoms with E-state index in [2.05, 4.69) is 37.3 Å². The van der Waals surface area contributed by atoms with Crippen molar-refractivity contribution in [2.45, 2.75) is 44.4 Å². The van der Waals surface area contributed by atoms with Crippen LogP contribution in [0.3, 0.4) is 0 Å². The van der Waals surface area contributed by atoms with Crippen LogP contribution in [0.2, 0.25) is 0 Å². The van der Waals surface area contributed by atoms with E-state index < -0.39 is 0 Å². The third-order valence-corrected chi connectivity index (χ3v) is 4.24. The lowest BCUT2D eigenvalue weighted by Gasteiger charge is -2.40. The monoisotopic (exact) mass is 217 g/mol. The number of benzene rings is 1. The van der Waals surface area contributed by atoms with E-state index in [1.165, 1.54) is 31.2 Å². The molecule has 0 heterocycles. The Labute approximate surface area is 99.0 Å². The molecule has 1 fully saturated rings. The fraction of sp³-hybridized carbons (Fsp3) is 0.600. The van der Waals surface area contributed by atoms with Gasteiger partial charge in [0.05, 0.1) is 0 Å². The zero-order chi connectivity index (χ0) is 11.4. The molecular weight excluding hydrogens is 194 g/mol. The second kappa shape index (κ2) is 5.01. The van der Waals surface area contributed by atoms with Crippen molar-refractivity contribution in [3.8, 4) is 0 Å². The molecule has 1 aliphatic carbocycles. The molecule has 1 nitrogen and oxygen atoms in total. The summed E-state index contributed by atoms with van der Waals surface area (Å²) < 4.78 is 0. The largest absolute Gasteiger partial charge is 0.330 e. The molecule has 0 atom stereocenters. The molecule has 0 aliphatic heterocycles. The minimum absolute atomic E-state index is 0.377. The van der Waals surface area contributed by atoms with Gasteiger partial charge in [0.25, 0.3) is 0 Å². The third kappa shape index (κ3) is 2.30. The molecule has 1 saturated carbocycles. The standard InChI is InChI=1S/C15H23N/c1-13-7-9-15(10-8-13,11-12-16)14-5-3-2-4-6-14/h2-6,13H,7-12,16H2,1H3. The fourth-order valence-corrected chi connectivity index (χ4v) is 3.07. The second-order valence-electron chi connectivity index (χ2n) is 5.37. The normalized spacial score (nSPS) is 30.2. The van der Waals surface area contributed by atoms with Crippen molar-refractivity contribution in [2.24, 2.45) is 11.7 Å². The number of hydrogen-bond donors (Lipinski definition) is 1. The summed E-state index contributed by atoms with van der Waals surface area (Å²) in [5.74, 6) is 0.898. The summed E-state index contributed by atoms with van der Waals surface area (Å²) in [6.45, 7) is 3.18. The molecule has 0 radical (unpaired) electrons. The van der Waals surface area contributed by atoms with Crippen LogP contribution in [-0.2, 0) is 5.41 Å². The highest BCUT2D eigenvalue weighted by Gasteiger charge is 2.34. The Bertz CT molecular complexity index is 309. The molecule has 0 unspecified atom stereocenters. The molecular formula is C15H23N. The first kappa shape index (κ1) is 11.7. The van der Waals surface area contributed by atoms with Gasteiger partial charge in [-0.1, -0.05) is 37.3 Å². The van der Waals surface area contributed by atoms with Crippen LogP contribution >= 0.6 is 0 Å². The first-order valence-corrected chi connectivity index (χ1v) is 6.52. The zero-order valence-corrected chi connectivity index (χ0v) is 10.3. The number of hydrogen-bond acceptors (Lipinski definition) is 1. The van der Waals surface area contributed by atoms with Crippen LogP contribution in [0.1, 0.15) is 44.6 Å². The van der Waals surface area contributed by atoms with E-state index >= 15 is 0 Å². The summed E-state index contributed by atoms with van der Waals surface area (Å²) in [7, 11) is 0. The lowest BCUT2D eigenvalue weighted by atomic mass is 9.65. The molecule has 0 spiro atoms. The summed E-state index contributed by atoms with van der Waals surface area (Å²) in [6.07, 6.45) is 6.48. The topological polar surface area (TPSA) is 26.0 Å². The first-order valence-electron chi connectivity index (χ1n) is 6.52. The van der Waals surface area contributed by atoms with Crippen molar-refractivity contribution < 1.29 is 0 Å². The molecule has 2 N–H and O–H groups in total. The highest BCUT2D eigenvalue weighted by atomic mass is 14.5. The van der Waals surface area contributed by atoms with Crippen LogP contribution < -0.4 is 5.73 Å². The van der Waals surface area contributed by atoms with E-state index in [1.54, 1.807) is 0 Å². The highest BCUT2D eigenvalue weighted by Crippen LogP contribution is 2.43. The maximum atomic E-state index is 5.82. The highest BCUT2D eigenvalue weighted by molar-refractivity contribution is 5.26. The molecule has 0 aromatic heterocycles. The van der Waals surface area contributed by atoms with Gasteiger partial charge in [-0.25, -0.2) is 0 Å². The Balaban J connectivity index is 2.22. The van der Waals surface area contributed by atoms with Gasteiger partial charge in [0.15, 0.2) is 0 Å². The minimum atomic E-state index is 0.377. The molecule has 0 amide bonds. The molecule has 0 bridgehead atoms. The first-order chi connectivity index (χ1) is 7.77. The van der Waals surface area contributed by atoms with Crippen LogP contribution in [0.5, 0.6) is 0 Å². The van der Waals surface area contributed by atoms with Gasteiger partial charge in [-0.2, -0.15) is 0 Å². The van der Waals surface area contributed by atoms with Gasteiger partial charge < -0.3 is 5.73 Å². The van der Waals surface area contributed by atoms with Gasteiger partial charge >= 0.3 is 0 Å². The van der Waals surface area contributed by atoms with Crippen LogP contribution in [-0.4, -0.2) is 6.54 Å². The number of rotatable bonds is 3. The molecule has 1 aliphatic rings. The Morgan fingerprint density at radius 1 is 1.19 bits per heavy atom. The molecule has 1 aromatic carbocycles.